The van der Waals surface area contributed by atoms with Crippen LogP contribution in [0.2, 0.25) is 0 Å². The summed E-state index contributed by atoms with van der Waals surface area (Å²) in [4.78, 5) is 9.07. The van der Waals surface area contributed by atoms with Gasteiger partial charge in [0.05, 0.1) is 12.7 Å². The summed E-state index contributed by atoms with van der Waals surface area (Å²) in [6.07, 6.45) is 2.98. The first-order chi connectivity index (χ1) is 10.2. The number of aromatic nitrogens is 2. The molecule has 0 fully saturated rings. The minimum absolute atomic E-state index is 0.00615. The first-order valence-corrected chi connectivity index (χ1v) is 7.60. The molecule has 0 spiro atoms. The summed E-state index contributed by atoms with van der Waals surface area (Å²) in [6, 6.07) is 1.94. The van der Waals surface area contributed by atoms with Gasteiger partial charge in [-0.15, -0.1) is 0 Å². The molecule has 0 aliphatic rings. The van der Waals surface area contributed by atoms with Crippen LogP contribution in [0, 0.1) is 0 Å². The van der Waals surface area contributed by atoms with Crippen LogP contribution in [0.25, 0.3) is 0 Å². The van der Waals surface area contributed by atoms with Crippen molar-refractivity contribution in [1.82, 2.24) is 9.97 Å². The van der Waals surface area contributed by atoms with E-state index in [1.807, 2.05) is 6.07 Å². The molecule has 120 valence electrons. The summed E-state index contributed by atoms with van der Waals surface area (Å²) in [5.74, 6) is 2.56. The van der Waals surface area contributed by atoms with Gasteiger partial charge in [0, 0.05) is 39.8 Å². The summed E-state index contributed by atoms with van der Waals surface area (Å²) >= 11 is 0. The zero-order valence-electron chi connectivity index (χ0n) is 13.6. The van der Waals surface area contributed by atoms with Crippen LogP contribution >= 0.6 is 0 Å². The molecule has 0 bridgehead atoms. The monoisotopic (exact) mass is 296 g/mol. The van der Waals surface area contributed by atoms with E-state index in [4.69, 9.17) is 9.47 Å². The highest BCUT2D eigenvalue weighted by Gasteiger charge is 2.09. The van der Waals surface area contributed by atoms with E-state index in [0.717, 1.165) is 43.3 Å². The average molecular weight is 296 g/mol. The van der Waals surface area contributed by atoms with Crippen molar-refractivity contribution >= 4 is 11.6 Å². The summed E-state index contributed by atoms with van der Waals surface area (Å²) in [6.45, 7) is 6.38. The molecule has 1 aromatic heterocycles. The van der Waals surface area contributed by atoms with Gasteiger partial charge in [-0.05, 0) is 12.8 Å². The first kappa shape index (κ1) is 17.7. The lowest BCUT2D eigenvalue weighted by atomic mass is 10.3. The number of rotatable bonds is 11. The van der Waals surface area contributed by atoms with Gasteiger partial charge < -0.3 is 20.1 Å². The average Bonchev–Trinajstić information content (AvgIpc) is 2.49. The van der Waals surface area contributed by atoms with E-state index < -0.39 is 0 Å². The van der Waals surface area contributed by atoms with E-state index in [9.17, 15) is 0 Å². The Hall–Kier alpha value is -1.40. The molecular formula is C15H28N4O2. The number of aryl methyl sites for hydroxylation is 1. The third-order valence-electron chi connectivity index (χ3n) is 3.00. The standard InChI is InChI=1S/C15H28N4O2/c1-5-7-13-18-14(16-8-6-2)9-15(19-13)17-10-12(21-4)11-20-3/h9,12H,5-8,10-11H2,1-4H3,(H2,16,17,18,19). The van der Waals surface area contributed by atoms with Gasteiger partial charge >= 0.3 is 0 Å². The minimum Gasteiger partial charge on any atom is -0.382 e. The molecule has 0 radical (unpaired) electrons. The van der Waals surface area contributed by atoms with Crippen molar-refractivity contribution in [3.63, 3.8) is 0 Å². The van der Waals surface area contributed by atoms with Crippen LogP contribution in [-0.4, -0.2) is 50.0 Å². The maximum atomic E-state index is 5.34. The Morgan fingerprint density at radius 1 is 1.10 bits per heavy atom. The second kappa shape index (κ2) is 10.3. The van der Waals surface area contributed by atoms with Crippen LogP contribution in [0.1, 0.15) is 32.5 Å². The van der Waals surface area contributed by atoms with E-state index in [-0.39, 0.29) is 6.10 Å². The molecule has 0 amide bonds. The smallest absolute Gasteiger partial charge is 0.133 e. The Morgan fingerprint density at radius 2 is 1.81 bits per heavy atom. The maximum Gasteiger partial charge on any atom is 0.133 e. The van der Waals surface area contributed by atoms with E-state index in [1.54, 1.807) is 14.2 Å². The molecular weight excluding hydrogens is 268 g/mol. The number of hydrogen-bond donors (Lipinski definition) is 2. The molecule has 6 heteroatoms. The van der Waals surface area contributed by atoms with Crippen LogP contribution in [-0.2, 0) is 15.9 Å². The van der Waals surface area contributed by atoms with Crippen LogP contribution in [0.4, 0.5) is 11.6 Å². The molecule has 0 saturated heterocycles. The molecule has 0 saturated carbocycles. The fraction of sp³-hybridized carbons (Fsp3) is 0.733. The Morgan fingerprint density at radius 3 is 2.38 bits per heavy atom. The number of nitrogens with zero attached hydrogens (tertiary/aromatic N) is 2. The molecule has 2 N–H and O–H groups in total. The molecule has 0 aliphatic heterocycles. The van der Waals surface area contributed by atoms with Gasteiger partial charge in [0.25, 0.3) is 0 Å². The number of methoxy groups -OCH3 is 2. The quantitative estimate of drug-likeness (QED) is 0.653. The molecule has 21 heavy (non-hydrogen) atoms. The molecule has 1 atom stereocenters. The highest BCUT2D eigenvalue weighted by Crippen LogP contribution is 2.13. The zero-order chi connectivity index (χ0) is 15.5. The first-order valence-electron chi connectivity index (χ1n) is 7.60. The van der Waals surface area contributed by atoms with Crippen molar-refractivity contribution in [3.8, 4) is 0 Å². The van der Waals surface area contributed by atoms with E-state index in [2.05, 4.69) is 34.4 Å². The summed E-state index contributed by atoms with van der Waals surface area (Å²) in [5.41, 5.74) is 0. The van der Waals surface area contributed by atoms with E-state index in [1.165, 1.54) is 0 Å². The lowest BCUT2D eigenvalue weighted by molar-refractivity contribution is 0.0365. The Balaban J connectivity index is 2.71. The van der Waals surface area contributed by atoms with Crippen LogP contribution < -0.4 is 10.6 Å². The van der Waals surface area contributed by atoms with Crippen molar-refractivity contribution in [2.75, 3.05) is 44.5 Å². The molecule has 1 heterocycles. The molecule has 1 unspecified atom stereocenters. The number of ether oxygens (including phenoxy) is 2. The third-order valence-corrected chi connectivity index (χ3v) is 3.00. The maximum absolute atomic E-state index is 5.34. The zero-order valence-corrected chi connectivity index (χ0v) is 13.6. The summed E-state index contributed by atoms with van der Waals surface area (Å²) < 4.78 is 10.5. The predicted octanol–water partition coefficient (Wildman–Crippen LogP) is 2.32. The Bertz CT molecular complexity index is 401. The van der Waals surface area contributed by atoms with Crippen LogP contribution in [0.5, 0.6) is 0 Å². The highest BCUT2D eigenvalue weighted by molar-refractivity contribution is 5.47. The Kier molecular flexibility index (Phi) is 8.69. The lowest BCUT2D eigenvalue weighted by Gasteiger charge is -2.16. The second-order valence-electron chi connectivity index (χ2n) is 4.93. The van der Waals surface area contributed by atoms with Crippen molar-refractivity contribution < 1.29 is 9.47 Å². The van der Waals surface area contributed by atoms with E-state index in [0.29, 0.717) is 13.2 Å². The van der Waals surface area contributed by atoms with Crippen molar-refractivity contribution in [3.05, 3.63) is 11.9 Å². The van der Waals surface area contributed by atoms with Crippen LogP contribution in [0.3, 0.4) is 0 Å². The molecule has 0 aliphatic carbocycles. The second-order valence-corrected chi connectivity index (χ2v) is 4.93. The van der Waals surface area contributed by atoms with Gasteiger partial charge in [-0.2, -0.15) is 0 Å². The summed E-state index contributed by atoms with van der Waals surface area (Å²) in [5, 5.41) is 6.61. The highest BCUT2D eigenvalue weighted by atomic mass is 16.5. The number of nitrogens with one attached hydrogen (secondary N) is 2. The SMILES string of the molecule is CCCNc1cc(NCC(COC)OC)nc(CCC)n1. The van der Waals surface area contributed by atoms with Crippen molar-refractivity contribution in [2.24, 2.45) is 0 Å². The molecule has 1 aromatic rings. The molecule has 0 aromatic carbocycles. The molecule has 6 nitrogen and oxygen atoms in total. The fourth-order valence-corrected chi connectivity index (χ4v) is 1.88. The van der Waals surface area contributed by atoms with Gasteiger partial charge in [-0.3, -0.25) is 0 Å². The van der Waals surface area contributed by atoms with Gasteiger partial charge in [-0.25, -0.2) is 9.97 Å². The topological polar surface area (TPSA) is 68.3 Å². The number of hydrogen-bond acceptors (Lipinski definition) is 6. The van der Waals surface area contributed by atoms with Gasteiger partial charge in [-0.1, -0.05) is 13.8 Å². The predicted molar refractivity (Wildman–Crippen MR) is 86.0 cm³/mol. The van der Waals surface area contributed by atoms with Crippen molar-refractivity contribution in [1.29, 1.82) is 0 Å². The third kappa shape index (κ3) is 6.73. The van der Waals surface area contributed by atoms with E-state index >= 15 is 0 Å². The summed E-state index contributed by atoms with van der Waals surface area (Å²) in [7, 11) is 3.35. The normalized spacial score (nSPS) is 12.2. The van der Waals surface area contributed by atoms with Gasteiger partial charge in [0.15, 0.2) is 0 Å². The minimum atomic E-state index is 0.00615. The van der Waals surface area contributed by atoms with Gasteiger partial charge in [0.2, 0.25) is 0 Å². The van der Waals surface area contributed by atoms with Crippen LogP contribution in [0.15, 0.2) is 6.07 Å². The van der Waals surface area contributed by atoms with Crippen molar-refractivity contribution in [2.45, 2.75) is 39.2 Å². The Labute approximate surface area is 127 Å². The molecule has 1 rings (SSSR count). The fourth-order valence-electron chi connectivity index (χ4n) is 1.88. The van der Waals surface area contributed by atoms with Gasteiger partial charge in [0.1, 0.15) is 17.5 Å². The lowest BCUT2D eigenvalue weighted by Crippen LogP contribution is -2.27. The largest absolute Gasteiger partial charge is 0.382 e. The number of anilines is 2.